The Balaban J connectivity index is 1.49. The van der Waals surface area contributed by atoms with Crippen LogP contribution in [0.4, 0.5) is 0 Å². The number of hydrogen-bond donors (Lipinski definition) is 0. The maximum Gasteiger partial charge on any atom is 0.311 e. The van der Waals surface area contributed by atoms with Crippen LogP contribution in [-0.2, 0) is 20.7 Å². The average molecular weight is 365 g/mol. The maximum absolute atomic E-state index is 12.5. The van der Waals surface area contributed by atoms with Gasteiger partial charge < -0.3 is 14.1 Å². The van der Waals surface area contributed by atoms with Crippen molar-refractivity contribution >= 4 is 33.6 Å². The zero-order valence-electron chi connectivity index (χ0n) is 15.4. The van der Waals surface area contributed by atoms with Gasteiger partial charge in [0, 0.05) is 24.0 Å². The quantitative estimate of drug-likeness (QED) is 0.654. The van der Waals surface area contributed by atoms with Crippen LogP contribution in [-0.4, -0.2) is 36.0 Å². The molecule has 5 nitrogen and oxygen atoms in total. The zero-order valence-corrected chi connectivity index (χ0v) is 15.4. The summed E-state index contributed by atoms with van der Waals surface area (Å²) in [6, 6.07) is 11.9. The van der Waals surface area contributed by atoms with E-state index in [1.54, 1.807) is 18.1 Å². The van der Waals surface area contributed by atoms with E-state index in [1.807, 2.05) is 36.4 Å². The molecule has 0 spiro atoms. The van der Waals surface area contributed by atoms with Crippen LogP contribution >= 0.6 is 0 Å². The van der Waals surface area contributed by atoms with Gasteiger partial charge in [-0.2, -0.15) is 0 Å². The molecule has 1 aromatic heterocycles. The Morgan fingerprint density at radius 3 is 2.70 bits per heavy atom. The minimum Gasteiger partial charge on any atom is -0.464 e. The number of ether oxygens (including phenoxy) is 1. The van der Waals surface area contributed by atoms with Crippen molar-refractivity contribution in [2.24, 2.45) is 0 Å². The highest BCUT2D eigenvalue weighted by molar-refractivity contribution is 6.08. The summed E-state index contributed by atoms with van der Waals surface area (Å²) in [6.45, 7) is 3.15. The van der Waals surface area contributed by atoms with Crippen molar-refractivity contribution in [3.63, 3.8) is 0 Å². The average Bonchev–Trinajstić information content (AvgIpc) is 3.11. The molecule has 1 aliphatic heterocycles. The molecule has 5 heteroatoms. The summed E-state index contributed by atoms with van der Waals surface area (Å²) in [4.78, 5) is 26.7. The van der Waals surface area contributed by atoms with Crippen molar-refractivity contribution in [1.82, 2.24) is 4.90 Å². The van der Waals surface area contributed by atoms with E-state index < -0.39 is 12.1 Å². The molecule has 1 fully saturated rings. The van der Waals surface area contributed by atoms with Gasteiger partial charge in [0.1, 0.15) is 5.58 Å². The second kappa shape index (κ2) is 7.43. The lowest BCUT2D eigenvalue weighted by molar-refractivity contribution is -0.159. The van der Waals surface area contributed by atoms with Gasteiger partial charge in [0.2, 0.25) is 0 Å². The van der Waals surface area contributed by atoms with E-state index in [0.29, 0.717) is 0 Å². The van der Waals surface area contributed by atoms with Gasteiger partial charge in [-0.1, -0.05) is 30.3 Å². The molecule has 27 heavy (non-hydrogen) atoms. The third-order valence-electron chi connectivity index (χ3n) is 5.20. The third kappa shape index (κ3) is 3.54. The van der Waals surface area contributed by atoms with E-state index in [9.17, 15) is 9.59 Å². The Kier molecular flexibility index (Phi) is 4.84. The summed E-state index contributed by atoms with van der Waals surface area (Å²) in [5, 5.41) is 3.07. The van der Waals surface area contributed by atoms with Crippen molar-refractivity contribution in [1.29, 1.82) is 0 Å². The zero-order chi connectivity index (χ0) is 18.8. The molecule has 140 valence electrons. The monoisotopic (exact) mass is 365 g/mol. The van der Waals surface area contributed by atoms with Gasteiger partial charge in [-0.3, -0.25) is 9.59 Å². The second-order valence-electron chi connectivity index (χ2n) is 7.12. The van der Waals surface area contributed by atoms with Crippen LogP contribution in [0.2, 0.25) is 0 Å². The molecule has 0 aliphatic carbocycles. The minimum atomic E-state index is -0.759. The summed E-state index contributed by atoms with van der Waals surface area (Å²) in [5.41, 5.74) is 1.53. The van der Waals surface area contributed by atoms with Crippen LogP contribution in [0.3, 0.4) is 0 Å². The Bertz CT molecular complexity index is 984. The fourth-order valence-corrected chi connectivity index (χ4v) is 3.82. The molecule has 0 unspecified atom stereocenters. The predicted molar refractivity (Wildman–Crippen MR) is 103 cm³/mol. The minimum absolute atomic E-state index is 0.0820. The number of esters is 1. The Morgan fingerprint density at radius 2 is 1.89 bits per heavy atom. The van der Waals surface area contributed by atoms with Crippen molar-refractivity contribution in [2.75, 3.05) is 13.1 Å². The van der Waals surface area contributed by atoms with Crippen molar-refractivity contribution in [2.45, 2.75) is 38.7 Å². The third-order valence-corrected chi connectivity index (χ3v) is 5.20. The first kappa shape index (κ1) is 17.6. The first-order chi connectivity index (χ1) is 13.1. The molecule has 0 saturated carbocycles. The first-order valence-corrected chi connectivity index (χ1v) is 9.49. The highest BCUT2D eigenvalue weighted by atomic mass is 16.5. The molecule has 0 bridgehead atoms. The molecule has 3 aromatic rings. The highest BCUT2D eigenvalue weighted by Gasteiger charge is 2.25. The Morgan fingerprint density at radius 1 is 1.11 bits per heavy atom. The van der Waals surface area contributed by atoms with Crippen molar-refractivity contribution in [3.8, 4) is 0 Å². The van der Waals surface area contributed by atoms with Gasteiger partial charge in [0.15, 0.2) is 6.10 Å². The topological polar surface area (TPSA) is 59.8 Å². The molecule has 1 aliphatic rings. The largest absolute Gasteiger partial charge is 0.464 e. The van der Waals surface area contributed by atoms with E-state index in [1.165, 1.54) is 0 Å². The molecule has 0 radical (unpaired) electrons. The first-order valence-electron chi connectivity index (χ1n) is 9.49. The van der Waals surface area contributed by atoms with Crippen LogP contribution in [0.15, 0.2) is 47.1 Å². The summed E-state index contributed by atoms with van der Waals surface area (Å²) >= 11 is 0. The Hall–Kier alpha value is -2.82. The standard InChI is InChI=1S/C22H23NO4/c1-15(22(25)23-11-5-2-6-12-23)27-20(24)13-17-14-26-19-10-9-16-7-3-4-8-18(16)21(17)19/h3-4,7-10,14-15H,2,5-6,11-13H2,1H3/t15-/m0/s1. The van der Waals surface area contributed by atoms with Crippen LogP contribution < -0.4 is 0 Å². The number of furan rings is 1. The van der Waals surface area contributed by atoms with Gasteiger partial charge in [0.05, 0.1) is 12.7 Å². The fraction of sp³-hybridized carbons (Fsp3) is 0.364. The summed E-state index contributed by atoms with van der Waals surface area (Å²) in [5.74, 6) is -0.519. The molecular formula is C22H23NO4. The van der Waals surface area contributed by atoms with Gasteiger partial charge in [-0.15, -0.1) is 0 Å². The van der Waals surface area contributed by atoms with E-state index in [4.69, 9.17) is 9.15 Å². The predicted octanol–water partition coefficient (Wildman–Crippen LogP) is 4.07. The smallest absolute Gasteiger partial charge is 0.311 e. The molecule has 1 amide bonds. The molecule has 2 heterocycles. The van der Waals surface area contributed by atoms with Crippen LogP contribution in [0.1, 0.15) is 31.7 Å². The number of rotatable bonds is 4. The van der Waals surface area contributed by atoms with Gasteiger partial charge in [-0.05, 0) is 43.0 Å². The fourth-order valence-electron chi connectivity index (χ4n) is 3.82. The summed E-state index contributed by atoms with van der Waals surface area (Å²) in [7, 11) is 0. The normalized spacial score (nSPS) is 15.8. The molecular weight excluding hydrogens is 342 g/mol. The number of nitrogens with zero attached hydrogens (tertiary/aromatic N) is 1. The molecule has 0 N–H and O–H groups in total. The van der Waals surface area contributed by atoms with Crippen LogP contribution in [0.25, 0.3) is 21.7 Å². The van der Waals surface area contributed by atoms with E-state index >= 15 is 0 Å². The van der Waals surface area contributed by atoms with E-state index in [-0.39, 0.29) is 12.3 Å². The lowest BCUT2D eigenvalue weighted by atomic mass is 10.0. The van der Waals surface area contributed by atoms with Crippen molar-refractivity contribution in [3.05, 3.63) is 48.2 Å². The summed E-state index contributed by atoms with van der Waals surface area (Å²) in [6.07, 6.45) is 4.11. The lowest BCUT2D eigenvalue weighted by Crippen LogP contribution is -2.42. The number of carbonyl (C=O) groups is 2. The van der Waals surface area contributed by atoms with E-state index in [2.05, 4.69) is 0 Å². The molecule has 1 saturated heterocycles. The summed E-state index contributed by atoms with van der Waals surface area (Å²) < 4.78 is 11.1. The number of hydrogen-bond acceptors (Lipinski definition) is 4. The van der Waals surface area contributed by atoms with Gasteiger partial charge in [-0.25, -0.2) is 0 Å². The number of amides is 1. The number of carbonyl (C=O) groups excluding carboxylic acids is 2. The van der Waals surface area contributed by atoms with Gasteiger partial charge >= 0.3 is 5.97 Å². The Labute approximate surface area is 157 Å². The number of likely N-dealkylation sites (tertiary alicyclic amines) is 1. The number of fused-ring (bicyclic) bond motifs is 3. The second-order valence-corrected chi connectivity index (χ2v) is 7.12. The van der Waals surface area contributed by atoms with Crippen LogP contribution in [0, 0.1) is 0 Å². The van der Waals surface area contributed by atoms with Gasteiger partial charge in [0.25, 0.3) is 5.91 Å². The highest BCUT2D eigenvalue weighted by Crippen LogP contribution is 2.30. The molecule has 4 rings (SSSR count). The van der Waals surface area contributed by atoms with E-state index in [0.717, 1.165) is 59.7 Å². The number of benzene rings is 2. The number of piperidine rings is 1. The maximum atomic E-state index is 12.5. The van der Waals surface area contributed by atoms with Crippen molar-refractivity contribution < 1.29 is 18.7 Å². The van der Waals surface area contributed by atoms with Crippen LogP contribution in [0.5, 0.6) is 0 Å². The molecule has 2 aromatic carbocycles. The SMILES string of the molecule is C[C@H](OC(=O)Cc1coc2ccc3ccccc3c12)C(=O)N1CCCCC1. The lowest BCUT2D eigenvalue weighted by Gasteiger charge is -2.28. The molecule has 1 atom stereocenters.